The predicted molar refractivity (Wildman–Crippen MR) is 65.1 cm³/mol. The van der Waals surface area contributed by atoms with Crippen molar-refractivity contribution in [3.05, 3.63) is 35.6 Å². The maximum Gasteiger partial charge on any atom is 0.261 e. The third kappa shape index (κ3) is 2.07. The lowest BCUT2D eigenvalue weighted by atomic mass is 9.95. The highest BCUT2D eigenvalue weighted by Gasteiger charge is 2.27. The summed E-state index contributed by atoms with van der Waals surface area (Å²) in [7, 11) is 1.52. The molecule has 0 saturated heterocycles. The Labute approximate surface area is 104 Å². The van der Waals surface area contributed by atoms with Gasteiger partial charge in [0.05, 0.1) is 31.1 Å². The Morgan fingerprint density at radius 2 is 2.00 bits per heavy atom. The second-order valence-electron chi connectivity index (χ2n) is 3.68. The summed E-state index contributed by atoms with van der Waals surface area (Å²) >= 11 is 0. The lowest BCUT2D eigenvalue weighted by Gasteiger charge is -2.18. The van der Waals surface area contributed by atoms with E-state index in [4.69, 9.17) is 9.47 Å². The number of rotatable bonds is 3. The molecule has 1 heterocycles. The molecule has 0 unspecified atom stereocenters. The minimum absolute atomic E-state index is 0.342. The molecular weight excluding hydrogens is 234 g/mol. The normalized spacial score (nSPS) is 16.2. The largest absolute Gasteiger partial charge is 0.501 e. The third-order valence-electron chi connectivity index (χ3n) is 2.60. The summed E-state index contributed by atoms with van der Waals surface area (Å²) in [6, 6.07) is 4.97. The summed E-state index contributed by atoms with van der Waals surface area (Å²) in [5.41, 5.74) is 1.30. The fourth-order valence-corrected chi connectivity index (χ4v) is 1.72. The Morgan fingerprint density at radius 1 is 1.22 bits per heavy atom. The highest BCUT2D eigenvalue weighted by Crippen LogP contribution is 2.27. The van der Waals surface area contributed by atoms with Crippen LogP contribution in [-0.2, 0) is 9.53 Å². The zero-order chi connectivity index (χ0) is 13.1. The van der Waals surface area contributed by atoms with Crippen LogP contribution in [0.1, 0.15) is 22.8 Å². The molecule has 18 heavy (non-hydrogen) atoms. The Morgan fingerprint density at radius 3 is 2.67 bits per heavy atom. The van der Waals surface area contributed by atoms with Gasteiger partial charge in [0.15, 0.2) is 0 Å². The maximum absolute atomic E-state index is 11.7. The fraction of sp³-hybridized carbons (Fsp3) is 0.231. The van der Waals surface area contributed by atoms with Gasteiger partial charge in [-0.3, -0.25) is 14.9 Å². The molecule has 0 atom stereocenters. The van der Waals surface area contributed by atoms with Crippen LogP contribution in [-0.4, -0.2) is 25.5 Å². The molecule has 0 fully saturated rings. The number of hydrogen-bond donors (Lipinski definition) is 1. The van der Waals surface area contributed by atoms with Crippen molar-refractivity contribution < 1.29 is 19.1 Å². The van der Waals surface area contributed by atoms with Crippen LogP contribution < -0.4 is 10.1 Å². The van der Waals surface area contributed by atoms with Crippen LogP contribution in [0.4, 0.5) is 0 Å². The standard InChI is InChI=1S/C13H13NO4/c1-3-18-7-11-9-5-4-8(17-2)6-10(9)12(15)14-13(11)16/h4-7H,3H2,1-2H3,(H,14,15,16)/b11-7-. The van der Waals surface area contributed by atoms with E-state index in [1.807, 2.05) is 6.92 Å². The monoisotopic (exact) mass is 247 g/mol. The highest BCUT2D eigenvalue weighted by molar-refractivity contribution is 6.30. The number of carbonyl (C=O) groups is 2. The van der Waals surface area contributed by atoms with E-state index < -0.39 is 11.8 Å². The number of nitrogens with one attached hydrogen (secondary N) is 1. The first kappa shape index (κ1) is 12.2. The van der Waals surface area contributed by atoms with E-state index >= 15 is 0 Å². The van der Waals surface area contributed by atoms with Crippen molar-refractivity contribution in [2.24, 2.45) is 0 Å². The first-order valence-corrected chi connectivity index (χ1v) is 5.53. The van der Waals surface area contributed by atoms with Crippen molar-refractivity contribution in [1.82, 2.24) is 5.32 Å². The van der Waals surface area contributed by atoms with E-state index in [0.29, 0.717) is 29.1 Å². The average Bonchev–Trinajstić information content (AvgIpc) is 2.38. The molecule has 2 rings (SSSR count). The van der Waals surface area contributed by atoms with Crippen molar-refractivity contribution in [3.8, 4) is 5.75 Å². The first-order chi connectivity index (χ1) is 8.67. The quantitative estimate of drug-likeness (QED) is 0.497. The van der Waals surface area contributed by atoms with E-state index in [-0.39, 0.29) is 0 Å². The second-order valence-corrected chi connectivity index (χ2v) is 3.68. The Hall–Kier alpha value is -2.30. The molecule has 2 amide bonds. The topological polar surface area (TPSA) is 64.6 Å². The van der Waals surface area contributed by atoms with Crippen LogP contribution in [0.15, 0.2) is 24.5 Å². The molecular formula is C13H13NO4. The SMILES string of the molecule is CCO/C=C1\C(=O)NC(=O)c2cc(OC)ccc21. The summed E-state index contributed by atoms with van der Waals surface area (Å²) in [4.78, 5) is 23.4. The summed E-state index contributed by atoms with van der Waals surface area (Å²) in [6.45, 7) is 2.27. The van der Waals surface area contributed by atoms with Crippen molar-refractivity contribution in [2.45, 2.75) is 6.92 Å². The van der Waals surface area contributed by atoms with Crippen LogP contribution in [0.25, 0.3) is 5.57 Å². The molecule has 1 aromatic rings. The van der Waals surface area contributed by atoms with Crippen LogP contribution >= 0.6 is 0 Å². The summed E-state index contributed by atoms with van der Waals surface area (Å²) in [5, 5.41) is 2.26. The van der Waals surface area contributed by atoms with Gasteiger partial charge in [-0.05, 0) is 25.1 Å². The minimum atomic E-state index is -0.453. The molecule has 0 spiro atoms. The molecule has 5 heteroatoms. The average molecular weight is 247 g/mol. The number of imide groups is 1. The minimum Gasteiger partial charge on any atom is -0.501 e. The number of benzene rings is 1. The number of methoxy groups -OCH3 is 1. The Kier molecular flexibility index (Phi) is 3.32. The van der Waals surface area contributed by atoms with Crippen molar-refractivity contribution in [3.63, 3.8) is 0 Å². The van der Waals surface area contributed by atoms with Gasteiger partial charge >= 0.3 is 0 Å². The number of fused-ring (bicyclic) bond motifs is 1. The van der Waals surface area contributed by atoms with Gasteiger partial charge in [-0.2, -0.15) is 0 Å². The number of amides is 2. The zero-order valence-electron chi connectivity index (χ0n) is 10.1. The van der Waals surface area contributed by atoms with Gasteiger partial charge in [0.1, 0.15) is 5.75 Å². The molecule has 0 aliphatic carbocycles. The fourth-order valence-electron chi connectivity index (χ4n) is 1.72. The van der Waals surface area contributed by atoms with E-state index in [2.05, 4.69) is 5.32 Å². The molecule has 0 saturated carbocycles. The van der Waals surface area contributed by atoms with Gasteiger partial charge < -0.3 is 9.47 Å². The van der Waals surface area contributed by atoms with Gasteiger partial charge in [0, 0.05) is 5.56 Å². The molecule has 1 aliphatic rings. The maximum atomic E-state index is 11.7. The smallest absolute Gasteiger partial charge is 0.261 e. The number of hydrogen-bond acceptors (Lipinski definition) is 4. The molecule has 0 aromatic heterocycles. The molecule has 5 nitrogen and oxygen atoms in total. The van der Waals surface area contributed by atoms with E-state index in [9.17, 15) is 9.59 Å². The first-order valence-electron chi connectivity index (χ1n) is 5.53. The Balaban J connectivity index is 2.52. The lowest BCUT2D eigenvalue weighted by Crippen LogP contribution is -2.36. The zero-order valence-corrected chi connectivity index (χ0v) is 10.1. The van der Waals surface area contributed by atoms with Crippen molar-refractivity contribution >= 4 is 17.4 Å². The van der Waals surface area contributed by atoms with Crippen LogP contribution in [0.5, 0.6) is 5.75 Å². The van der Waals surface area contributed by atoms with Gasteiger partial charge in [-0.25, -0.2) is 0 Å². The summed E-state index contributed by atoms with van der Waals surface area (Å²) in [6.07, 6.45) is 1.37. The second kappa shape index (κ2) is 4.91. The van der Waals surface area contributed by atoms with Crippen LogP contribution in [0.2, 0.25) is 0 Å². The summed E-state index contributed by atoms with van der Waals surface area (Å²) in [5.74, 6) is -0.317. The molecule has 0 bridgehead atoms. The Bertz CT molecular complexity index is 534. The molecule has 1 aromatic carbocycles. The van der Waals surface area contributed by atoms with Crippen LogP contribution in [0, 0.1) is 0 Å². The lowest BCUT2D eigenvalue weighted by molar-refractivity contribution is -0.114. The molecule has 94 valence electrons. The number of carbonyl (C=O) groups excluding carboxylic acids is 2. The van der Waals surface area contributed by atoms with Crippen molar-refractivity contribution in [1.29, 1.82) is 0 Å². The molecule has 1 N–H and O–H groups in total. The van der Waals surface area contributed by atoms with E-state index in [0.717, 1.165) is 0 Å². The van der Waals surface area contributed by atoms with Gasteiger partial charge in [0.2, 0.25) is 0 Å². The molecule has 0 radical (unpaired) electrons. The van der Waals surface area contributed by atoms with Gasteiger partial charge in [-0.1, -0.05) is 0 Å². The predicted octanol–water partition coefficient (Wildman–Crippen LogP) is 1.34. The van der Waals surface area contributed by atoms with E-state index in [1.165, 1.54) is 13.4 Å². The summed E-state index contributed by atoms with van der Waals surface area (Å²) < 4.78 is 10.2. The van der Waals surface area contributed by atoms with Gasteiger partial charge in [-0.15, -0.1) is 0 Å². The van der Waals surface area contributed by atoms with Gasteiger partial charge in [0.25, 0.3) is 11.8 Å². The third-order valence-corrected chi connectivity index (χ3v) is 2.60. The molecule has 1 aliphatic heterocycles. The van der Waals surface area contributed by atoms with Crippen LogP contribution in [0.3, 0.4) is 0 Å². The van der Waals surface area contributed by atoms with Crippen molar-refractivity contribution in [2.75, 3.05) is 13.7 Å². The number of ether oxygens (including phenoxy) is 2. The highest BCUT2D eigenvalue weighted by atomic mass is 16.5. The van der Waals surface area contributed by atoms with E-state index in [1.54, 1.807) is 18.2 Å².